The second-order valence-electron chi connectivity index (χ2n) is 8.37. The molecule has 1 aliphatic rings. The Hall–Kier alpha value is -4.26. The molecule has 1 N–H and O–H groups in total. The number of hydrogen-bond acceptors (Lipinski definition) is 5. The molecule has 0 bridgehead atoms. The molecule has 7 nitrogen and oxygen atoms in total. The lowest BCUT2D eigenvalue weighted by Crippen LogP contribution is -2.26. The van der Waals surface area contributed by atoms with Gasteiger partial charge < -0.3 is 10.1 Å². The average Bonchev–Trinajstić information content (AvgIpc) is 3.33. The van der Waals surface area contributed by atoms with Crippen LogP contribution in [0.15, 0.2) is 77.6 Å². The standard InChI is InChI=1S/C27H23N3O4/c1-17-9-12-20(13-10-17)28-25(31)24(18-6-3-2-4-7-18)34-27(33)19-11-14-21-22(16-19)29-23-8-5-15-30(23)26(21)32/h2-4,6-7,9-14,16,24H,5,8,15H2,1H3,(H,28,31). The maximum Gasteiger partial charge on any atom is 0.339 e. The number of aryl methyl sites for hydroxylation is 2. The number of amides is 1. The van der Waals surface area contributed by atoms with Crippen molar-refractivity contribution < 1.29 is 14.3 Å². The van der Waals surface area contributed by atoms with E-state index < -0.39 is 18.0 Å². The van der Waals surface area contributed by atoms with Gasteiger partial charge in [-0.15, -0.1) is 0 Å². The zero-order valence-electron chi connectivity index (χ0n) is 18.7. The number of esters is 1. The lowest BCUT2D eigenvalue weighted by Gasteiger charge is -2.18. The quantitative estimate of drug-likeness (QED) is 0.458. The Morgan fingerprint density at radius 3 is 2.56 bits per heavy atom. The highest BCUT2D eigenvalue weighted by Crippen LogP contribution is 2.23. The molecule has 0 radical (unpaired) electrons. The summed E-state index contributed by atoms with van der Waals surface area (Å²) in [4.78, 5) is 43.5. The number of rotatable bonds is 5. The summed E-state index contributed by atoms with van der Waals surface area (Å²) in [6.07, 6.45) is 0.460. The minimum atomic E-state index is -1.15. The lowest BCUT2D eigenvalue weighted by atomic mass is 10.1. The summed E-state index contributed by atoms with van der Waals surface area (Å²) < 4.78 is 7.37. The van der Waals surface area contributed by atoms with E-state index in [-0.39, 0.29) is 11.1 Å². The van der Waals surface area contributed by atoms with Gasteiger partial charge in [0.25, 0.3) is 11.5 Å². The predicted molar refractivity (Wildman–Crippen MR) is 129 cm³/mol. The Labute approximate surface area is 196 Å². The van der Waals surface area contributed by atoms with Crippen molar-refractivity contribution in [1.82, 2.24) is 9.55 Å². The van der Waals surface area contributed by atoms with E-state index in [1.807, 2.05) is 25.1 Å². The maximum absolute atomic E-state index is 13.1. The SMILES string of the molecule is Cc1ccc(NC(=O)C(OC(=O)c2ccc3c(=O)n4c(nc3c2)CCC4)c2ccccc2)cc1. The molecule has 0 fully saturated rings. The third kappa shape index (κ3) is 4.20. The van der Waals surface area contributed by atoms with E-state index in [4.69, 9.17) is 4.74 Å². The molecule has 1 amide bonds. The van der Waals surface area contributed by atoms with Crippen LogP contribution in [-0.4, -0.2) is 21.4 Å². The smallest absolute Gasteiger partial charge is 0.339 e. The van der Waals surface area contributed by atoms with E-state index in [1.165, 1.54) is 6.07 Å². The average molecular weight is 453 g/mol. The van der Waals surface area contributed by atoms with Gasteiger partial charge in [-0.1, -0.05) is 48.0 Å². The van der Waals surface area contributed by atoms with E-state index in [0.29, 0.717) is 28.7 Å². The molecule has 4 aromatic rings. The molecule has 170 valence electrons. The summed E-state index contributed by atoms with van der Waals surface area (Å²) in [6, 6.07) is 20.9. The van der Waals surface area contributed by atoms with Gasteiger partial charge in [0.05, 0.1) is 16.5 Å². The molecule has 5 rings (SSSR count). The lowest BCUT2D eigenvalue weighted by molar-refractivity contribution is -0.125. The molecule has 1 aromatic heterocycles. The zero-order valence-corrected chi connectivity index (χ0v) is 18.7. The van der Waals surface area contributed by atoms with Gasteiger partial charge in [0.2, 0.25) is 6.10 Å². The van der Waals surface area contributed by atoms with Gasteiger partial charge in [0.15, 0.2) is 0 Å². The summed E-state index contributed by atoms with van der Waals surface area (Å²) in [5, 5.41) is 3.27. The van der Waals surface area contributed by atoms with Crippen LogP contribution in [0.2, 0.25) is 0 Å². The van der Waals surface area contributed by atoms with Gasteiger partial charge in [-0.3, -0.25) is 14.2 Å². The summed E-state index contributed by atoms with van der Waals surface area (Å²) in [7, 11) is 0. The van der Waals surface area contributed by atoms with Gasteiger partial charge in [-0.25, -0.2) is 9.78 Å². The van der Waals surface area contributed by atoms with Crippen molar-refractivity contribution in [2.45, 2.75) is 32.4 Å². The molecule has 0 saturated heterocycles. The molecule has 0 spiro atoms. The first-order valence-electron chi connectivity index (χ1n) is 11.2. The minimum absolute atomic E-state index is 0.0999. The number of hydrogen-bond donors (Lipinski definition) is 1. The number of nitrogens with zero attached hydrogens (tertiary/aromatic N) is 2. The molecule has 1 aliphatic heterocycles. The minimum Gasteiger partial charge on any atom is -0.444 e. The van der Waals surface area contributed by atoms with Crippen molar-refractivity contribution in [1.29, 1.82) is 0 Å². The summed E-state index contributed by atoms with van der Waals surface area (Å²) >= 11 is 0. The van der Waals surface area contributed by atoms with Crippen LogP contribution in [0, 0.1) is 6.92 Å². The van der Waals surface area contributed by atoms with Crippen LogP contribution in [0.5, 0.6) is 0 Å². The first-order chi connectivity index (χ1) is 16.5. The molecule has 0 saturated carbocycles. The summed E-state index contributed by atoms with van der Waals surface area (Å²) in [5.74, 6) is -0.404. The Bertz CT molecular complexity index is 1440. The number of anilines is 1. The maximum atomic E-state index is 13.1. The molecular weight excluding hydrogens is 430 g/mol. The van der Waals surface area contributed by atoms with Crippen molar-refractivity contribution >= 4 is 28.5 Å². The predicted octanol–water partition coefficient (Wildman–Crippen LogP) is 4.19. The molecule has 1 atom stereocenters. The van der Waals surface area contributed by atoms with Crippen LogP contribution in [0.1, 0.15) is 39.8 Å². The first-order valence-corrected chi connectivity index (χ1v) is 11.2. The first kappa shape index (κ1) is 21.6. The third-order valence-corrected chi connectivity index (χ3v) is 5.94. The van der Waals surface area contributed by atoms with Crippen molar-refractivity contribution in [3.63, 3.8) is 0 Å². The van der Waals surface area contributed by atoms with Crippen molar-refractivity contribution in [2.24, 2.45) is 0 Å². The highest BCUT2D eigenvalue weighted by molar-refractivity contribution is 5.99. The van der Waals surface area contributed by atoms with Crippen molar-refractivity contribution in [3.05, 3.63) is 106 Å². The van der Waals surface area contributed by atoms with E-state index in [1.54, 1.807) is 53.1 Å². The summed E-state index contributed by atoms with van der Waals surface area (Å²) in [5.41, 5.74) is 2.81. The Balaban J connectivity index is 1.43. The van der Waals surface area contributed by atoms with Crippen LogP contribution >= 0.6 is 0 Å². The Morgan fingerprint density at radius 1 is 1.03 bits per heavy atom. The third-order valence-electron chi connectivity index (χ3n) is 5.94. The van der Waals surface area contributed by atoms with Crippen LogP contribution in [0.4, 0.5) is 5.69 Å². The number of benzene rings is 3. The number of aromatic nitrogens is 2. The van der Waals surface area contributed by atoms with Gasteiger partial charge in [0.1, 0.15) is 5.82 Å². The second kappa shape index (κ2) is 8.94. The van der Waals surface area contributed by atoms with E-state index in [0.717, 1.165) is 24.2 Å². The van der Waals surface area contributed by atoms with E-state index >= 15 is 0 Å². The van der Waals surface area contributed by atoms with Crippen LogP contribution in [0.25, 0.3) is 10.9 Å². The molecule has 3 aromatic carbocycles. The molecule has 7 heteroatoms. The molecule has 34 heavy (non-hydrogen) atoms. The number of fused-ring (bicyclic) bond motifs is 2. The molecular formula is C27H23N3O4. The largest absolute Gasteiger partial charge is 0.444 e. The highest BCUT2D eigenvalue weighted by Gasteiger charge is 2.26. The molecule has 0 aliphatic carbocycles. The topological polar surface area (TPSA) is 90.3 Å². The zero-order chi connectivity index (χ0) is 23.7. The Kier molecular flexibility index (Phi) is 5.67. The summed E-state index contributed by atoms with van der Waals surface area (Å²) in [6.45, 7) is 2.62. The number of ether oxygens (including phenoxy) is 1. The normalized spacial score (nSPS) is 13.3. The molecule has 2 heterocycles. The number of carbonyl (C=O) groups excluding carboxylic acids is 2. The Morgan fingerprint density at radius 2 is 1.79 bits per heavy atom. The number of nitrogens with one attached hydrogen (secondary N) is 1. The highest BCUT2D eigenvalue weighted by atomic mass is 16.5. The molecule has 1 unspecified atom stereocenters. The van der Waals surface area contributed by atoms with E-state index in [2.05, 4.69) is 10.3 Å². The van der Waals surface area contributed by atoms with Crippen molar-refractivity contribution in [2.75, 3.05) is 5.32 Å². The fourth-order valence-electron chi connectivity index (χ4n) is 4.13. The van der Waals surface area contributed by atoms with Gasteiger partial charge in [-0.05, 0) is 43.7 Å². The van der Waals surface area contributed by atoms with Crippen LogP contribution < -0.4 is 10.9 Å². The van der Waals surface area contributed by atoms with Gasteiger partial charge >= 0.3 is 5.97 Å². The fraction of sp³-hybridized carbons (Fsp3) is 0.185. The second-order valence-corrected chi connectivity index (χ2v) is 8.37. The van der Waals surface area contributed by atoms with Gasteiger partial charge in [0, 0.05) is 24.2 Å². The van der Waals surface area contributed by atoms with E-state index in [9.17, 15) is 14.4 Å². The van der Waals surface area contributed by atoms with Crippen LogP contribution in [-0.2, 0) is 22.5 Å². The van der Waals surface area contributed by atoms with Gasteiger partial charge in [-0.2, -0.15) is 0 Å². The fourth-order valence-corrected chi connectivity index (χ4v) is 4.13. The number of carbonyl (C=O) groups is 2. The van der Waals surface area contributed by atoms with Crippen molar-refractivity contribution in [3.8, 4) is 0 Å². The monoisotopic (exact) mass is 453 g/mol. The van der Waals surface area contributed by atoms with Crippen LogP contribution in [0.3, 0.4) is 0 Å².